The highest BCUT2D eigenvalue weighted by molar-refractivity contribution is 5.82. The Morgan fingerprint density at radius 2 is 1.69 bits per heavy atom. The van der Waals surface area contributed by atoms with Crippen molar-refractivity contribution in [2.75, 3.05) is 19.6 Å². The number of carbonyl (C=O) groups is 2. The third-order valence-corrected chi connectivity index (χ3v) is 10.2. The van der Waals surface area contributed by atoms with Gasteiger partial charge in [-0.15, -0.1) is 6.42 Å². The number of carboxylic acids is 1. The summed E-state index contributed by atoms with van der Waals surface area (Å²) in [5.41, 5.74) is -3.02. The average molecular weight is 730 g/mol. The van der Waals surface area contributed by atoms with Crippen molar-refractivity contribution in [1.82, 2.24) is 14.8 Å². The van der Waals surface area contributed by atoms with Crippen LogP contribution in [0.3, 0.4) is 0 Å². The molecule has 1 saturated carbocycles. The zero-order valence-corrected chi connectivity index (χ0v) is 29.4. The Morgan fingerprint density at radius 3 is 2.23 bits per heavy atom. The number of alkyl halides is 3. The number of benzene rings is 2. The summed E-state index contributed by atoms with van der Waals surface area (Å²) in [7, 11) is 0. The van der Waals surface area contributed by atoms with Crippen molar-refractivity contribution < 1.29 is 41.0 Å². The van der Waals surface area contributed by atoms with E-state index in [2.05, 4.69) is 16.1 Å². The molecule has 1 aliphatic heterocycles. The Balaban J connectivity index is 1.56. The third-order valence-electron chi connectivity index (χ3n) is 10.2. The number of pyridine rings is 1. The van der Waals surface area contributed by atoms with Gasteiger partial charge in [0.2, 0.25) is 5.91 Å². The minimum absolute atomic E-state index is 0.0524. The second-order valence-corrected chi connectivity index (χ2v) is 14.6. The number of carbonyl (C=O) groups excluding carboxylic acids is 1. The summed E-state index contributed by atoms with van der Waals surface area (Å²) in [6, 6.07) is 0.415. The second kappa shape index (κ2) is 14.8. The zero-order valence-electron chi connectivity index (χ0n) is 29.4. The average Bonchev–Trinajstić information content (AvgIpc) is 3.67. The van der Waals surface area contributed by atoms with Gasteiger partial charge in [-0.05, 0) is 104 Å². The molecule has 1 spiro atoms. The Bertz CT molecular complexity index is 1970. The summed E-state index contributed by atoms with van der Waals surface area (Å²) in [6.45, 7) is 8.27. The first kappa shape index (κ1) is 38.7. The van der Waals surface area contributed by atoms with E-state index in [1.54, 1.807) is 13.8 Å². The smallest absolute Gasteiger partial charge is 0.416 e. The number of aromatic nitrogens is 1. The van der Waals surface area contributed by atoms with Crippen molar-refractivity contribution in [2.45, 2.75) is 84.5 Å². The second-order valence-electron chi connectivity index (χ2n) is 14.6. The lowest BCUT2D eigenvalue weighted by Gasteiger charge is -2.27. The monoisotopic (exact) mass is 729 g/mol. The van der Waals surface area contributed by atoms with Gasteiger partial charge in [0.05, 0.1) is 23.6 Å². The van der Waals surface area contributed by atoms with E-state index >= 15 is 8.78 Å². The van der Waals surface area contributed by atoms with Gasteiger partial charge in [0.25, 0.3) is 5.56 Å². The van der Waals surface area contributed by atoms with Crippen LogP contribution in [0.25, 0.3) is 11.1 Å². The fourth-order valence-corrected chi connectivity index (χ4v) is 7.43. The first-order chi connectivity index (χ1) is 24.3. The summed E-state index contributed by atoms with van der Waals surface area (Å²) in [6.07, 6.45) is 3.72. The molecule has 0 bridgehead atoms. The maximum atomic E-state index is 16.5. The number of carboxylic acid groups (broad SMARTS) is 1. The summed E-state index contributed by atoms with van der Waals surface area (Å²) >= 11 is 0. The molecule has 52 heavy (non-hydrogen) atoms. The molecule has 2 atom stereocenters. The molecule has 13 heteroatoms. The molecule has 7 nitrogen and oxygen atoms in total. The topological polar surface area (TPSA) is 91.6 Å². The highest BCUT2D eigenvalue weighted by atomic mass is 19.4. The predicted octanol–water partition coefficient (Wildman–Crippen LogP) is 7.50. The third kappa shape index (κ3) is 8.22. The largest absolute Gasteiger partial charge is 0.481 e. The quantitative estimate of drug-likeness (QED) is 0.149. The molecule has 2 aliphatic rings. The van der Waals surface area contributed by atoms with Crippen LogP contribution in [0.5, 0.6) is 0 Å². The highest BCUT2D eigenvalue weighted by Gasteiger charge is 2.47. The van der Waals surface area contributed by atoms with Crippen LogP contribution < -0.4 is 10.9 Å². The summed E-state index contributed by atoms with van der Waals surface area (Å²) in [5.74, 6) is -3.93. The molecule has 2 fully saturated rings. The van der Waals surface area contributed by atoms with Gasteiger partial charge in [0.15, 0.2) is 0 Å². The lowest BCUT2D eigenvalue weighted by Crippen LogP contribution is -2.41. The molecule has 1 saturated heterocycles. The molecule has 2 aromatic carbocycles. The van der Waals surface area contributed by atoms with E-state index in [0.717, 1.165) is 61.3 Å². The molecule has 1 aromatic heterocycles. The predicted molar refractivity (Wildman–Crippen MR) is 183 cm³/mol. The van der Waals surface area contributed by atoms with Crippen molar-refractivity contribution >= 4 is 11.9 Å². The van der Waals surface area contributed by atoms with Crippen LogP contribution in [0.15, 0.2) is 35.3 Å². The van der Waals surface area contributed by atoms with E-state index in [1.165, 1.54) is 13.8 Å². The number of amides is 1. The fraction of sp³-hybridized carbons (Fsp3) is 0.462. The van der Waals surface area contributed by atoms with E-state index in [1.807, 2.05) is 0 Å². The Kier molecular flexibility index (Phi) is 11.0. The van der Waals surface area contributed by atoms with Gasteiger partial charge in [0.1, 0.15) is 23.5 Å². The van der Waals surface area contributed by atoms with E-state index < -0.39 is 76.3 Å². The maximum Gasteiger partial charge on any atom is 0.416 e. The number of hydrogen-bond acceptors (Lipinski definition) is 4. The van der Waals surface area contributed by atoms with Gasteiger partial charge in [-0.25, -0.2) is 13.2 Å². The van der Waals surface area contributed by atoms with Crippen LogP contribution in [0, 0.1) is 55.0 Å². The molecule has 1 amide bonds. The van der Waals surface area contributed by atoms with Crippen LogP contribution in [0.2, 0.25) is 0 Å². The molecule has 1 aliphatic carbocycles. The summed E-state index contributed by atoms with van der Waals surface area (Å²) < 4.78 is 90.1. The van der Waals surface area contributed by atoms with Crippen molar-refractivity contribution in [2.24, 2.45) is 11.3 Å². The van der Waals surface area contributed by atoms with E-state index in [0.29, 0.717) is 12.6 Å². The van der Waals surface area contributed by atoms with Crippen LogP contribution in [0.1, 0.15) is 91.4 Å². The highest BCUT2D eigenvalue weighted by Crippen LogP contribution is 2.52. The number of hydrogen-bond donors (Lipinski definition) is 2. The fourth-order valence-electron chi connectivity index (χ4n) is 7.43. The van der Waals surface area contributed by atoms with Crippen LogP contribution >= 0.6 is 0 Å². The van der Waals surface area contributed by atoms with Crippen molar-refractivity contribution in [1.29, 1.82) is 0 Å². The van der Waals surface area contributed by atoms with Crippen LogP contribution in [0.4, 0.5) is 26.3 Å². The number of terminal acetylenes is 1. The van der Waals surface area contributed by atoms with Crippen molar-refractivity contribution in [3.63, 3.8) is 0 Å². The van der Waals surface area contributed by atoms with E-state index in [9.17, 15) is 37.1 Å². The normalized spacial score (nSPS) is 16.6. The Hall–Kier alpha value is -4.57. The molecular weight excluding hydrogens is 688 g/mol. The number of aryl methyl sites for hydroxylation is 2. The van der Waals surface area contributed by atoms with Gasteiger partial charge in [-0.1, -0.05) is 19.8 Å². The van der Waals surface area contributed by atoms with Gasteiger partial charge in [-0.2, -0.15) is 13.2 Å². The van der Waals surface area contributed by atoms with Gasteiger partial charge in [0, 0.05) is 36.5 Å². The summed E-state index contributed by atoms with van der Waals surface area (Å²) in [4.78, 5) is 41.6. The minimum Gasteiger partial charge on any atom is -0.481 e. The maximum absolute atomic E-state index is 16.5. The van der Waals surface area contributed by atoms with Crippen LogP contribution in [-0.4, -0.2) is 46.1 Å². The molecule has 0 radical (unpaired) electrons. The lowest BCUT2D eigenvalue weighted by atomic mass is 9.89. The zero-order chi connectivity index (χ0) is 38.3. The molecule has 3 aromatic rings. The minimum atomic E-state index is -4.85. The number of likely N-dealkylation sites (tertiary alicyclic amines) is 1. The standard InChI is InChI=1S/C39H41F6N3O4/c1-6-24-16-27(33-22(4)14-26(40)15-23(33)5)36(42)34(35(24)41)29(18-32(50)51)46-37(52)30(13-21(2)3)48-19-25(28(17-31(48)49)39(43,44)45)7-11-47-12-10-38(20-47)8-9-38/h1,14-17,19,21,29-30H,7-13,18,20H2,2-5H3,(H,46,52)(H,50,51)/t29-,30-/m0/s1. The van der Waals surface area contributed by atoms with E-state index in [4.69, 9.17) is 6.42 Å². The number of halogens is 6. The van der Waals surface area contributed by atoms with Gasteiger partial charge < -0.3 is 19.9 Å². The van der Waals surface area contributed by atoms with Gasteiger partial charge in [-0.3, -0.25) is 14.4 Å². The molecule has 0 unspecified atom stereocenters. The number of rotatable bonds is 12. The summed E-state index contributed by atoms with van der Waals surface area (Å²) in [5, 5.41) is 12.2. The van der Waals surface area contributed by atoms with Crippen molar-refractivity contribution in [3.8, 4) is 23.5 Å². The molecule has 278 valence electrons. The number of aliphatic carboxylic acids is 1. The Morgan fingerprint density at radius 1 is 1.04 bits per heavy atom. The van der Waals surface area contributed by atoms with Crippen LogP contribution in [-0.2, 0) is 22.2 Å². The first-order valence-corrected chi connectivity index (χ1v) is 17.2. The lowest BCUT2D eigenvalue weighted by molar-refractivity contribution is -0.139. The molecule has 5 rings (SSSR count). The Labute approximate surface area is 298 Å². The number of nitrogens with zero attached hydrogens (tertiary/aromatic N) is 2. The van der Waals surface area contributed by atoms with E-state index in [-0.39, 0.29) is 52.0 Å². The van der Waals surface area contributed by atoms with Crippen molar-refractivity contribution in [3.05, 3.63) is 91.6 Å². The molecular formula is C39H41F6N3O4. The van der Waals surface area contributed by atoms with Gasteiger partial charge >= 0.3 is 12.1 Å². The molecule has 2 N–H and O–H groups in total. The molecule has 2 heterocycles. The number of nitrogens with one attached hydrogen (secondary N) is 1. The SMILES string of the molecule is C#Cc1cc(-c2c(C)cc(F)cc2C)c(F)c([C@H](CC(=O)O)NC(=O)[C@H](CC(C)C)n2cc(CCN3CCC4(CC4)C3)c(C(F)(F)F)cc2=O)c1F. The first-order valence-electron chi connectivity index (χ1n) is 17.2.